The Balaban J connectivity index is 1.75. The molecule has 112 valence electrons. The van der Waals surface area contributed by atoms with Crippen LogP contribution in [0.2, 0.25) is 0 Å². The molecule has 1 amide bonds. The van der Waals surface area contributed by atoms with Crippen molar-refractivity contribution >= 4 is 33.7 Å². The maximum Gasteiger partial charge on any atom is 0.220 e. The van der Waals surface area contributed by atoms with Crippen LogP contribution in [-0.2, 0) is 4.79 Å². The van der Waals surface area contributed by atoms with Gasteiger partial charge in [0, 0.05) is 29.9 Å². The number of carbonyl (C=O) groups excluding carboxylic acids is 1. The number of nitrogens with two attached hydrogens (primary N) is 1. The van der Waals surface area contributed by atoms with Gasteiger partial charge in [0.2, 0.25) is 5.91 Å². The van der Waals surface area contributed by atoms with E-state index in [1.807, 2.05) is 18.2 Å². The topological polar surface area (TPSA) is 87.9 Å². The standard InChI is InChI=1S/C16H17N5O/c17-15(22)10-5-7-21(8-6-10)16-14-13(18-9-19-16)11-3-1-2-4-12(11)20-14/h1-4,9-10,20H,5-8H2,(H2,17,22). The molecule has 22 heavy (non-hydrogen) atoms. The van der Waals surface area contributed by atoms with E-state index in [2.05, 4.69) is 25.9 Å². The summed E-state index contributed by atoms with van der Waals surface area (Å²) in [5.41, 5.74) is 8.37. The van der Waals surface area contributed by atoms with Crippen LogP contribution >= 0.6 is 0 Å². The summed E-state index contributed by atoms with van der Waals surface area (Å²) in [7, 11) is 0. The third-order valence-corrected chi connectivity index (χ3v) is 4.47. The average molecular weight is 295 g/mol. The molecule has 6 heteroatoms. The van der Waals surface area contributed by atoms with E-state index in [0.717, 1.165) is 53.7 Å². The Bertz CT molecular complexity index is 848. The minimum Gasteiger partial charge on any atom is -0.369 e. The van der Waals surface area contributed by atoms with E-state index < -0.39 is 0 Å². The van der Waals surface area contributed by atoms with Crippen molar-refractivity contribution in [1.29, 1.82) is 0 Å². The highest BCUT2D eigenvalue weighted by Gasteiger charge is 2.25. The third kappa shape index (κ3) is 1.99. The molecule has 0 spiro atoms. The maximum atomic E-state index is 11.3. The van der Waals surface area contributed by atoms with Crippen LogP contribution in [0.25, 0.3) is 21.9 Å². The first-order chi connectivity index (χ1) is 10.7. The van der Waals surface area contributed by atoms with Crippen molar-refractivity contribution in [3.63, 3.8) is 0 Å². The molecule has 0 unspecified atom stereocenters. The number of nitrogens with one attached hydrogen (secondary N) is 1. The summed E-state index contributed by atoms with van der Waals surface area (Å²) in [4.78, 5) is 25.8. The third-order valence-electron chi connectivity index (χ3n) is 4.47. The number of para-hydroxylation sites is 1. The van der Waals surface area contributed by atoms with Gasteiger partial charge in [0.25, 0.3) is 0 Å². The molecule has 1 aromatic carbocycles. The number of hydrogen-bond acceptors (Lipinski definition) is 4. The molecule has 1 aliphatic heterocycles. The number of piperidine rings is 1. The average Bonchev–Trinajstić information content (AvgIpc) is 2.93. The molecular weight excluding hydrogens is 278 g/mol. The van der Waals surface area contributed by atoms with Crippen LogP contribution in [-0.4, -0.2) is 33.9 Å². The number of rotatable bonds is 2. The van der Waals surface area contributed by atoms with Crippen molar-refractivity contribution < 1.29 is 4.79 Å². The first-order valence-corrected chi connectivity index (χ1v) is 7.49. The number of H-pyrrole nitrogens is 1. The van der Waals surface area contributed by atoms with Gasteiger partial charge in [-0.05, 0) is 18.9 Å². The van der Waals surface area contributed by atoms with Crippen LogP contribution < -0.4 is 10.6 Å². The van der Waals surface area contributed by atoms with Crippen molar-refractivity contribution in [2.45, 2.75) is 12.8 Å². The van der Waals surface area contributed by atoms with E-state index >= 15 is 0 Å². The fourth-order valence-corrected chi connectivity index (χ4v) is 3.24. The molecular formula is C16H17N5O. The lowest BCUT2D eigenvalue weighted by atomic mass is 9.96. The summed E-state index contributed by atoms with van der Waals surface area (Å²) in [5.74, 6) is 0.693. The summed E-state index contributed by atoms with van der Waals surface area (Å²) in [6.07, 6.45) is 3.17. The smallest absolute Gasteiger partial charge is 0.220 e. The van der Waals surface area contributed by atoms with Crippen LogP contribution in [0.5, 0.6) is 0 Å². The number of benzene rings is 1. The van der Waals surface area contributed by atoms with E-state index in [1.54, 1.807) is 6.33 Å². The van der Waals surface area contributed by atoms with Crippen molar-refractivity contribution in [2.24, 2.45) is 11.7 Å². The number of hydrogen-bond donors (Lipinski definition) is 2. The zero-order valence-corrected chi connectivity index (χ0v) is 12.1. The number of aromatic amines is 1. The molecule has 0 atom stereocenters. The van der Waals surface area contributed by atoms with Gasteiger partial charge in [0.1, 0.15) is 17.4 Å². The van der Waals surface area contributed by atoms with Crippen molar-refractivity contribution in [2.75, 3.05) is 18.0 Å². The number of primary amides is 1. The number of anilines is 1. The first-order valence-electron chi connectivity index (χ1n) is 7.49. The highest BCUT2D eigenvalue weighted by atomic mass is 16.1. The van der Waals surface area contributed by atoms with Crippen LogP contribution in [0.15, 0.2) is 30.6 Å². The van der Waals surface area contributed by atoms with Crippen LogP contribution in [0.1, 0.15) is 12.8 Å². The maximum absolute atomic E-state index is 11.3. The number of amides is 1. The van der Waals surface area contributed by atoms with E-state index in [0.29, 0.717) is 0 Å². The minimum atomic E-state index is -0.196. The lowest BCUT2D eigenvalue weighted by molar-refractivity contribution is -0.122. The SMILES string of the molecule is NC(=O)C1CCN(c2ncnc3c2[nH]c2ccccc23)CC1. The molecule has 4 rings (SSSR count). The summed E-state index contributed by atoms with van der Waals surface area (Å²) < 4.78 is 0. The van der Waals surface area contributed by atoms with Gasteiger partial charge in [-0.15, -0.1) is 0 Å². The molecule has 0 radical (unpaired) electrons. The zero-order valence-electron chi connectivity index (χ0n) is 12.1. The Morgan fingerprint density at radius 2 is 2.00 bits per heavy atom. The van der Waals surface area contributed by atoms with Crippen LogP contribution in [0, 0.1) is 5.92 Å². The lowest BCUT2D eigenvalue weighted by Gasteiger charge is -2.31. The highest BCUT2D eigenvalue weighted by molar-refractivity contribution is 6.08. The monoisotopic (exact) mass is 295 g/mol. The Labute approximate surface area is 127 Å². The minimum absolute atomic E-state index is 0.0173. The molecule has 0 aliphatic carbocycles. The molecule has 3 N–H and O–H groups in total. The Kier molecular flexibility index (Phi) is 2.96. The second-order valence-corrected chi connectivity index (χ2v) is 5.76. The van der Waals surface area contributed by atoms with Gasteiger partial charge in [-0.2, -0.15) is 0 Å². The van der Waals surface area contributed by atoms with Gasteiger partial charge < -0.3 is 15.6 Å². The van der Waals surface area contributed by atoms with Crippen molar-refractivity contribution in [3.05, 3.63) is 30.6 Å². The van der Waals surface area contributed by atoms with E-state index in [1.165, 1.54) is 0 Å². The Morgan fingerprint density at radius 3 is 2.77 bits per heavy atom. The Morgan fingerprint density at radius 1 is 1.23 bits per heavy atom. The second kappa shape index (κ2) is 4.98. The second-order valence-electron chi connectivity index (χ2n) is 5.76. The van der Waals surface area contributed by atoms with Gasteiger partial charge in [-0.1, -0.05) is 18.2 Å². The molecule has 2 aromatic heterocycles. The molecule has 1 fully saturated rings. The summed E-state index contributed by atoms with van der Waals surface area (Å²) in [5, 5.41) is 1.10. The van der Waals surface area contributed by atoms with Crippen LogP contribution in [0.3, 0.4) is 0 Å². The predicted octanol–water partition coefficient (Wildman–Crippen LogP) is 1.81. The van der Waals surface area contributed by atoms with E-state index in [-0.39, 0.29) is 11.8 Å². The van der Waals surface area contributed by atoms with Gasteiger partial charge in [-0.3, -0.25) is 4.79 Å². The number of carbonyl (C=O) groups is 1. The Hall–Kier alpha value is -2.63. The largest absolute Gasteiger partial charge is 0.369 e. The zero-order chi connectivity index (χ0) is 15.1. The summed E-state index contributed by atoms with van der Waals surface area (Å²) in [6, 6.07) is 8.11. The van der Waals surface area contributed by atoms with Gasteiger partial charge in [-0.25, -0.2) is 9.97 Å². The van der Waals surface area contributed by atoms with Crippen LogP contribution in [0.4, 0.5) is 5.82 Å². The van der Waals surface area contributed by atoms with E-state index in [9.17, 15) is 4.79 Å². The fourth-order valence-electron chi connectivity index (χ4n) is 3.24. The molecule has 0 saturated carbocycles. The van der Waals surface area contributed by atoms with Gasteiger partial charge >= 0.3 is 0 Å². The van der Waals surface area contributed by atoms with E-state index in [4.69, 9.17) is 5.73 Å². The molecule has 3 heterocycles. The predicted molar refractivity (Wildman–Crippen MR) is 85.5 cm³/mol. The first kappa shape index (κ1) is 13.1. The van der Waals surface area contributed by atoms with Crippen molar-refractivity contribution in [1.82, 2.24) is 15.0 Å². The summed E-state index contributed by atoms with van der Waals surface area (Å²) in [6.45, 7) is 1.57. The highest BCUT2D eigenvalue weighted by Crippen LogP contribution is 2.30. The molecule has 1 aliphatic rings. The number of aromatic nitrogens is 3. The summed E-state index contributed by atoms with van der Waals surface area (Å²) >= 11 is 0. The molecule has 3 aromatic rings. The molecule has 1 saturated heterocycles. The van der Waals surface area contributed by atoms with Gasteiger partial charge in [0.05, 0.1) is 0 Å². The normalized spacial score (nSPS) is 16.5. The quantitative estimate of drug-likeness (QED) is 0.754. The van der Waals surface area contributed by atoms with Crippen molar-refractivity contribution in [3.8, 4) is 0 Å². The number of fused-ring (bicyclic) bond motifs is 3. The molecule has 6 nitrogen and oxygen atoms in total. The lowest BCUT2D eigenvalue weighted by Crippen LogP contribution is -2.39. The van der Waals surface area contributed by atoms with Gasteiger partial charge in [0.15, 0.2) is 5.82 Å². The fraction of sp³-hybridized carbons (Fsp3) is 0.312. The molecule has 0 bridgehead atoms. The number of nitrogens with zero attached hydrogens (tertiary/aromatic N) is 3.